The van der Waals surface area contributed by atoms with Gasteiger partial charge in [-0.05, 0) is 55.6 Å². The smallest absolute Gasteiger partial charge is 0.303 e. The van der Waals surface area contributed by atoms with Crippen LogP contribution in [-0.2, 0) is 19.1 Å². The van der Waals surface area contributed by atoms with Crippen molar-refractivity contribution in [3.05, 3.63) is 23.8 Å². The molecule has 164 valence electrons. The summed E-state index contributed by atoms with van der Waals surface area (Å²) in [7, 11) is 0. The number of hydrogen-bond donors (Lipinski definition) is 2. The first kappa shape index (κ1) is 21.4. The highest BCUT2D eigenvalue weighted by atomic mass is 16.5. The van der Waals surface area contributed by atoms with E-state index in [0.29, 0.717) is 12.8 Å². The summed E-state index contributed by atoms with van der Waals surface area (Å²) in [5.41, 5.74) is -1.75. The Morgan fingerprint density at radius 2 is 2.00 bits per heavy atom. The predicted octanol–water partition coefficient (Wildman–Crippen LogP) is 2.37. The van der Waals surface area contributed by atoms with Gasteiger partial charge in [0.15, 0.2) is 12.4 Å². The summed E-state index contributed by atoms with van der Waals surface area (Å²) in [6.07, 6.45) is 7.15. The zero-order chi connectivity index (χ0) is 22.1. The fourth-order valence-corrected chi connectivity index (χ4v) is 7.53. The van der Waals surface area contributed by atoms with E-state index in [9.17, 15) is 24.6 Å². The minimum absolute atomic E-state index is 0.00371. The number of rotatable bonds is 3. The van der Waals surface area contributed by atoms with Gasteiger partial charge in [-0.2, -0.15) is 0 Å². The molecule has 0 bridgehead atoms. The van der Waals surface area contributed by atoms with Crippen LogP contribution in [-0.4, -0.2) is 46.1 Å². The number of Topliss-reactive ketones (excluding diaryl/α,β-unsaturated/α-hetero) is 1. The number of esters is 1. The van der Waals surface area contributed by atoms with Gasteiger partial charge in [0.1, 0.15) is 5.60 Å². The molecule has 4 rings (SSSR count). The summed E-state index contributed by atoms with van der Waals surface area (Å²) in [5, 5.41) is 23.1. The Morgan fingerprint density at radius 3 is 2.67 bits per heavy atom. The Balaban J connectivity index is 1.70. The van der Waals surface area contributed by atoms with Crippen LogP contribution in [0.2, 0.25) is 0 Å². The fourth-order valence-electron chi connectivity index (χ4n) is 7.53. The molecule has 4 aliphatic carbocycles. The van der Waals surface area contributed by atoms with E-state index in [2.05, 4.69) is 6.92 Å². The number of allylic oxidation sites excluding steroid dienone is 4. The van der Waals surface area contributed by atoms with Gasteiger partial charge in [-0.25, -0.2) is 0 Å². The zero-order valence-corrected chi connectivity index (χ0v) is 18.2. The maximum absolute atomic E-state index is 13.1. The maximum atomic E-state index is 13.1. The molecule has 0 aromatic rings. The van der Waals surface area contributed by atoms with Gasteiger partial charge in [0.05, 0.1) is 6.10 Å². The van der Waals surface area contributed by atoms with Gasteiger partial charge in [-0.15, -0.1) is 0 Å². The predicted molar refractivity (Wildman–Crippen MR) is 109 cm³/mol. The first-order chi connectivity index (χ1) is 13.9. The number of carbonyl (C=O) groups is 3. The van der Waals surface area contributed by atoms with Crippen LogP contribution in [0.5, 0.6) is 0 Å². The second-order valence-corrected chi connectivity index (χ2v) is 10.3. The monoisotopic (exact) mass is 416 g/mol. The number of carbonyl (C=O) groups excluding carboxylic acids is 3. The van der Waals surface area contributed by atoms with Crippen molar-refractivity contribution >= 4 is 17.5 Å². The van der Waals surface area contributed by atoms with Crippen LogP contribution in [0.25, 0.3) is 0 Å². The number of fused-ring (bicyclic) bond motifs is 5. The Kier molecular flexibility index (Phi) is 4.90. The topological polar surface area (TPSA) is 101 Å². The quantitative estimate of drug-likeness (QED) is 0.685. The minimum Gasteiger partial charge on any atom is -0.458 e. The van der Waals surface area contributed by atoms with E-state index in [1.807, 2.05) is 19.9 Å². The summed E-state index contributed by atoms with van der Waals surface area (Å²) in [5.74, 6) is -1.19. The van der Waals surface area contributed by atoms with Gasteiger partial charge in [0, 0.05) is 23.7 Å². The molecule has 0 aromatic carbocycles. The molecule has 3 saturated carbocycles. The maximum Gasteiger partial charge on any atom is 0.303 e. The van der Waals surface area contributed by atoms with Crippen molar-refractivity contribution in [2.45, 2.75) is 65.1 Å². The molecule has 2 unspecified atom stereocenters. The van der Waals surface area contributed by atoms with Crippen molar-refractivity contribution in [2.24, 2.45) is 34.5 Å². The molecule has 0 aliphatic heterocycles. The lowest BCUT2D eigenvalue weighted by molar-refractivity contribution is -0.185. The summed E-state index contributed by atoms with van der Waals surface area (Å²) in [6.45, 7) is 6.69. The molecule has 6 nitrogen and oxygen atoms in total. The average molecular weight is 417 g/mol. The van der Waals surface area contributed by atoms with E-state index in [1.165, 1.54) is 6.92 Å². The lowest BCUT2D eigenvalue weighted by Gasteiger charge is -2.59. The highest BCUT2D eigenvalue weighted by Crippen LogP contribution is 2.68. The van der Waals surface area contributed by atoms with Crippen molar-refractivity contribution in [3.8, 4) is 0 Å². The molecule has 6 heteroatoms. The van der Waals surface area contributed by atoms with E-state index < -0.39 is 35.5 Å². The first-order valence-electron chi connectivity index (χ1n) is 11.0. The van der Waals surface area contributed by atoms with Crippen LogP contribution >= 0.6 is 0 Å². The van der Waals surface area contributed by atoms with E-state index in [4.69, 9.17) is 4.74 Å². The van der Waals surface area contributed by atoms with Gasteiger partial charge < -0.3 is 14.9 Å². The van der Waals surface area contributed by atoms with Gasteiger partial charge in [0.2, 0.25) is 5.78 Å². The fraction of sp³-hybridized carbons (Fsp3) is 0.708. The Bertz CT molecular complexity index is 858. The second-order valence-electron chi connectivity index (χ2n) is 10.3. The third kappa shape index (κ3) is 2.72. The molecule has 0 aromatic heterocycles. The van der Waals surface area contributed by atoms with Gasteiger partial charge >= 0.3 is 5.97 Å². The lowest BCUT2D eigenvalue weighted by atomic mass is 9.46. The molecule has 30 heavy (non-hydrogen) atoms. The van der Waals surface area contributed by atoms with E-state index in [1.54, 1.807) is 12.2 Å². The van der Waals surface area contributed by atoms with Crippen molar-refractivity contribution in [2.75, 3.05) is 6.61 Å². The summed E-state index contributed by atoms with van der Waals surface area (Å²) < 4.78 is 4.93. The SMILES string of the molecule is CC(=O)OCC(=O)[C@@]1(O)C(C)C[C@H]2[C@@H]3CCC4=CC(=O)C=C[C@]4(C)[C@H]3C(O)C[C@@]21C. The van der Waals surface area contributed by atoms with Crippen LogP contribution in [0.15, 0.2) is 23.8 Å². The summed E-state index contributed by atoms with van der Waals surface area (Å²) in [4.78, 5) is 36.2. The number of hydrogen-bond acceptors (Lipinski definition) is 6. The first-order valence-corrected chi connectivity index (χ1v) is 11.0. The number of ether oxygens (including phenoxy) is 1. The molecule has 2 N–H and O–H groups in total. The second kappa shape index (κ2) is 6.86. The van der Waals surface area contributed by atoms with Gasteiger partial charge in [-0.3, -0.25) is 14.4 Å². The van der Waals surface area contributed by atoms with Gasteiger partial charge in [0.25, 0.3) is 0 Å². The number of aliphatic hydroxyl groups excluding tert-OH is 1. The molecule has 3 fully saturated rings. The van der Waals surface area contributed by atoms with Crippen molar-refractivity contribution in [1.29, 1.82) is 0 Å². The van der Waals surface area contributed by atoms with Crippen molar-refractivity contribution < 1.29 is 29.3 Å². The van der Waals surface area contributed by atoms with Crippen molar-refractivity contribution in [1.82, 2.24) is 0 Å². The highest BCUT2D eigenvalue weighted by molar-refractivity contribution is 6.01. The lowest BCUT2D eigenvalue weighted by Crippen LogP contribution is -2.62. The van der Waals surface area contributed by atoms with Crippen LogP contribution in [0.4, 0.5) is 0 Å². The van der Waals surface area contributed by atoms with Crippen LogP contribution in [0, 0.1) is 34.5 Å². The third-order valence-corrected chi connectivity index (χ3v) is 8.91. The number of ketones is 2. The van der Waals surface area contributed by atoms with Crippen LogP contribution in [0.1, 0.15) is 53.4 Å². The minimum atomic E-state index is -1.64. The molecule has 0 radical (unpaired) electrons. The zero-order valence-electron chi connectivity index (χ0n) is 18.2. The Hall–Kier alpha value is -1.79. The van der Waals surface area contributed by atoms with Gasteiger partial charge in [-0.1, -0.05) is 32.4 Å². The van der Waals surface area contributed by atoms with E-state index in [0.717, 1.165) is 18.4 Å². The van der Waals surface area contributed by atoms with Crippen LogP contribution in [0.3, 0.4) is 0 Å². The Morgan fingerprint density at radius 1 is 1.30 bits per heavy atom. The third-order valence-electron chi connectivity index (χ3n) is 8.91. The molecule has 0 saturated heterocycles. The normalized spacial score (nSPS) is 47.1. The summed E-state index contributed by atoms with van der Waals surface area (Å²) >= 11 is 0. The average Bonchev–Trinajstić information content (AvgIpc) is 2.87. The van der Waals surface area contributed by atoms with E-state index >= 15 is 0 Å². The molecular formula is C24H32O6. The molecule has 0 heterocycles. The van der Waals surface area contributed by atoms with Crippen molar-refractivity contribution in [3.63, 3.8) is 0 Å². The standard InChI is InChI=1S/C24H32O6/c1-13-9-18-17-6-5-15-10-16(26)7-8-22(15,3)21(17)19(27)11-23(18,4)24(13,29)20(28)12-30-14(2)25/h7-8,10,13,17-19,21,27,29H,5-6,9,11-12H2,1-4H3/t13?,17-,18-,19?,21+,22-,23-,24-/m0/s1. The Labute approximate surface area is 177 Å². The van der Waals surface area contributed by atoms with E-state index in [-0.39, 0.29) is 34.9 Å². The molecule has 0 spiro atoms. The molecule has 4 aliphatic rings. The molecule has 8 atom stereocenters. The highest BCUT2D eigenvalue weighted by Gasteiger charge is 2.70. The largest absolute Gasteiger partial charge is 0.458 e. The molecular weight excluding hydrogens is 384 g/mol. The molecule has 0 amide bonds. The summed E-state index contributed by atoms with van der Waals surface area (Å²) in [6, 6.07) is 0. The van der Waals surface area contributed by atoms with Crippen LogP contribution < -0.4 is 0 Å². The number of aliphatic hydroxyl groups is 2.